The smallest absolute Gasteiger partial charge is 0.0598 e. The third-order valence-corrected chi connectivity index (χ3v) is 1.68. The molecule has 1 aromatic heterocycles. The largest absolute Gasteiger partial charge is 0.272 e. The van der Waals surface area contributed by atoms with Crippen LogP contribution in [0.3, 0.4) is 0 Å². The van der Waals surface area contributed by atoms with Crippen molar-refractivity contribution < 1.29 is 10.4 Å². The van der Waals surface area contributed by atoms with Gasteiger partial charge in [0.15, 0.2) is 0 Å². The number of nitrogens with one attached hydrogen (secondary N) is 1. The third-order valence-electron chi connectivity index (χ3n) is 1.68. The van der Waals surface area contributed by atoms with E-state index in [0.29, 0.717) is 5.69 Å². The Morgan fingerprint density at radius 2 is 2.08 bits per heavy atom. The van der Waals surface area contributed by atoms with Crippen LogP contribution in [0.15, 0.2) is 12.3 Å². The third kappa shape index (κ3) is 1.91. The highest BCUT2D eigenvalue weighted by molar-refractivity contribution is 5.50. The van der Waals surface area contributed by atoms with Crippen LogP contribution in [0.2, 0.25) is 0 Å². The molecule has 0 fully saturated rings. The molecule has 3 N–H and O–H groups in total. The van der Waals surface area contributed by atoms with Crippen LogP contribution in [0.1, 0.15) is 11.3 Å². The van der Waals surface area contributed by atoms with E-state index in [-0.39, 0.29) is 5.34 Å². The van der Waals surface area contributed by atoms with Crippen molar-refractivity contribution in [3.8, 4) is 0 Å². The van der Waals surface area contributed by atoms with Gasteiger partial charge in [-0.3, -0.25) is 20.8 Å². The minimum Gasteiger partial charge on any atom is -0.272 e. The minimum absolute atomic E-state index is 0.0816. The van der Waals surface area contributed by atoms with Crippen LogP contribution in [-0.2, 0) is 0 Å². The molecule has 0 amide bonds. The summed E-state index contributed by atoms with van der Waals surface area (Å²) in [6.45, 7) is 3.69. The second-order valence-electron chi connectivity index (χ2n) is 2.47. The maximum absolute atomic E-state index is 8.48. The Labute approximate surface area is 70.2 Å². The average Bonchev–Trinajstić information content (AvgIpc) is 1.98. The van der Waals surface area contributed by atoms with Gasteiger partial charge in [0.1, 0.15) is 0 Å². The minimum atomic E-state index is -0.0816. The van der Waals surface area contributed by atoms with Crippen molar-refractivity contribution in [3.63, 3.8) is 0 Å². The van der Waals surface area contributed by atoms with Crippen molar-refractivity contribution in [3.05, 3.63) is 23.5 Å². The zero-order valence-corrected chi connectivity index (χ0v) is 6.94. The topological polar surface area (TPSA) is 68.6 Å². The molecule has 0 radical (unpaired) electrons. The van der Waals surface area contributed by atoms with Gasteiger partial charge < -0.3 is 0 Å². The van der Waals surface area contributed by atoms with Crippen molar-refractivity contribution in [2.45, 2.75) is 13.8 Å². The summed E-state index contributed by atoms with van der Waals surface area (Å²) in [5.74, 6) is 0. The van der Waals surface area contributed by atoms with E-state index in [4.69, 9.17) is 10.4 Å². The quantitative estimate of drug-likeness (QED) is 0.578. The summed E-state index contributed by atoms with van der Waals surface area (Å²) >= 11 is 0. The van der Waals surface area contributed by atoms with Gasteiger partial charge in [-0.1, -0.05) is 0 Å². The van der Waals surface area contributed by atoms with E-state index >= 15 is 0 Å². The lowest BCUT2D eigenvalue weighted by atomic mass is 10.2. The van der Waals surface area contributed by atoms with Crippen molar-refractivity contribution >= 4 is 5.69 Å². The van der Waals surface area contributed by atoms with Gasteiger partial charge in [-0.25, -0.2) is 0 Å². The Hall–Kier alpha value is -1.17. The van der Waals surface area contributed by atoms with Gasteiger partial charge in [0.2, 0.25) is 0 Å². The fraction of sp³-hybridized carbons (Fsp3) is 0.286. The molecule has 5 heteroatoms. The average molecular weight is 169 g/mol. The highest BCUT2D eigenvalue weighted by Gasteiger charge is 2.02. The number of anilines is 1. The number of hydrazine groups is 1. The predicted octanol–water partition coefficient (Wildman–Crippen LogP) is 1.11. The zero-order chi connectivity index (χ0) is 9.14. The van der Waals surface area contributed by atoms with Crippen LogP contribution in [0, 0.1) is 13.8 Å². The molecule has 12 heavy (non-hydrogen) atoms. The number of nitrogens with zero attached hydrogens (tertiary/aromatic N) is 2. The molecule has 0 saturated heterocycles. The van der Waals surface area contributed by atoms with Crippen molar-refractivity contribution in [1.29, 1.82) is 0 Å². The molecule has 1 rings (SSSR count). The molecular weight excluding hydrogens is 158 g/mol. The number of aryl methyl sites for hydroxylation is 1. The fourth-order valence-electron chi connectivity index (χ4n) is 0.869. The standard InChI is InChI=1S/C7H11N3O2/c1-5-6(2)8-4-3-7(5)9-10(11)12/h3-4,11-12H,1-2H3,(H,8,9). The fourth-order valence-corrected chi connectivity index (χ4v) is 0.869. The second-order valence-corrected chi connectivity index (χ2v) is 2.47. The van der Waals surface area contributed by atoms with E-state index in [0.717, 1.165) is 11.3 Å². The molecule has 0 atom stereocenters. The number of pyridine rings is 1. The Bertz CT molecular complexity index is 275. The molecule has 0 spiro atoms. The Morgan fingerprint density at radius 1 is 1.42 bits per heavy atom. The molecule has 0 saturated carbocycles. The van der Waals surface area contributed by atoms with Crippen molar-refractivity contribution in [1.82, 2.24) is 10.3 Å². The number of hydrogen-bond donors (Lipinski definition) is 3. The summed E-state index contributed by atoms with van der Waals surface area (Å²) < 4.78 is 0. The van der Waals surface area contributed by atoms with E-state index in [1.54, 1.807) is 12.3 Å². The summed E-state index contributed by atoms with van der Waals surface area (Å²) in [7, 11) is 0. The van der Waals surface area contributed by atoms with E-state index in [2.05, 4.69) is 10.4 Å². The Kier molecular flexibility index (Phi) is 2.59. The summed E-state index contributed by atoms with van der Waals surface area (Å²) in [4.78, 5) is 4.02. The van der Waals surface area contributed by atoms with Crippen molar-refractivity contribution in [2.75, 3.05) is 5.43 Å². The lowest BCUT2D eigenvalue weighted by molar-refractivity contribution is -0.288. The maximum atomic E-state index is 8.48. The molecule has 0 unspecified atom stereocenters. The molecule has 1 aromatic rings. The van der Waals surface area contributed by atoms with Crippen LogP contribution in [0.5, 0.6) is 0 Å². The normalized spacial score (nSPS) is 10.4. The zero-order valence-electron chi connectivity index (χ0n) is 6.94. The lowest BCUT2D eigenvalue weighted by Crippen LogP contribution is -2.22. The van der Waals surface area contributed by atoms with Gasteiger partial charge >= 0.3 is 0 Å². The molecule has 0 aromatic carbocycles. The Morgan fingerprint density at radius 3 is 2.67 bits per heavy atom. The molecule has 0 bridgehead atoms. The SMILES string of the molecule is Cc1nccc(NN(O)O)c1C. The molecule has 0 aliphatic rings. The molecule has 5 nitrogen and oxygen atoms in total. The van der Waals surface area contributed by atoms with Crippen LogP contribution in [0.25, 0.3) is 0 Å². The van der Waals surface area contributed by atoms with Gasteiger partial charge in [-0.2, -0.15) is 0 Å². The van der Waals surface area contributed by atoms with E-state index in [1.165, 1.54) is 0 Å². The molecule has 1 heterocycles. The molecular formula is C7H11N3O2. The second kappa shape index (κ2) is 3.48. The molecule has 0 aliphatic heterocycles. The first-order valence-corrected chi connectivity index (χ1v) is 3.48. The van der Waals surface area contributed by atoms with Crippen molar-refractivity contribution in [2.24, 2.45) is 0 Å². The first kappa shape index (κ1) is 8.92. The van der Waals surface area contributed by atoms with Gasteiger partial charge in [-0.15, -0.1) is 0 Å². The van der Waals surface area contributed by atoms with Gasteiger partial charge in [-0.05, 0) is 25.5 Å². The van der Waals surface area contributed by atoms with Crippen LogP contribution in [0.4, 0.5) is 5.69 Å². The van der Waals surface area contributed by atoms with Crippen LogP contribution >= 0.6 is 0 Å². The summed E-state index contributed by atoms with van der Waals surface area (Å²) in [6, 6.07) is 1.65. The molecule has 0 aliphatic carbocycles. The molecule has 66 valence electrons. The van der Waals surface area contributed by atoms with Gasteiger partial charge in [0, 0.05) is 17.2 Å². The first-order chi connectivity index (χ1) is 5.61. The maximum Gasteiger partial charge on any atom is 0.0598 e. The lowest BCUT2D eigenvalue weighted by Gasteiger charge is -2.12. The summed E-state index contributed by atoms with van der Waals surface area (Å²) in [5, 5.41) is 16.9. The highest BCUT2D eigenvalue weighted by atomic mass is 16.8. The van der Waals surface area contributed by atoms with Gasteiger partial charge in [0.05, 0.1) is 5.69 Å². The number of aromatic nitrogens is 1. The van der Waals surface area contributed by atoms with Gasteiger partial charge in [0.25, 0.3) is 0 Å². The first-order valence-electron chi connectivity index (χ1n) is 3.48. The van der Waals surface area contributed by atoms with Crippen LogP contribution < -0.4 is 5.43 Å². The summed E-state index contributed by atoms with van der Waals surface area (Å²) in [5.41, 5.74) is 4.67. The Balaban J connectivity index is 2.92. The van der Waals surface area contributed by atoms with E-state index < -0.39 is 0 Å². The van der Waals surface area contributed by atoms with E-state index in [9.17, 15) is 0 Å². The van der Waals surface area contributed by atoms with E-state index in [1.807, 2.05) is 13.8 Å². The summed E-state index contributed by atoms with van der Waals surface area (Å²) in [6.07, 6.45) is 1.59. The number of hydrogen-bond acceptors (Lipinski definition) is 5. The van der Waals surface area contributed by atoms with Crippen LogP contribution in [-0.4, -0.2) is 20.7 Å². The monoisotopic (exact) mass is 169 g/mol. The predicted molar refractivity (Wildman–Crippen MR) is 42.7 cm³/mol. The number of rotatable bonds is 2. The highest BCUT2D eigenvalue weighted by Crippen LogP contribution is 2.15.